The molecule has 0 amide bonds. The van der Waals surface area contributed by atoms with E-state index >= 15 is 0 Å². The molecule has 1 aromatic heterocycles. The van der Waals surface area contributed by atoms with Gasteiger partial charge < -0.3 is 10.6 Å². The first-order valence-corrected chi connectivity index (χ1v) is 8.92. The van der Waals surface area contributed by atoms with E-state index in [-0.39, 0.29) is 6.04 Å². The average molecular weight is 293 g/mol. The van der Waals surface area contributed by atoms with Gasteiger partial charge in [-0.25, -0.2) is 4.98 Å². The fourth-order valence-electron chi connectivity index (χ4n) is 3.22. The van der Waals surface area contributed by atoms with Gasteiger partial charge in [0.2, 0.25) is 0 Å². The Balaban J connectivity index is 1.61. The molecule has 0 radical (unpaired) electrons. The van der Waals surface area contributed by atoms with Gasteiger partial charge in [0.25, 0.3) is 0 Å². The van der Waals surface area contributed by atoms with Crippen molar-refractivity contribution < 1.29 is 0 Å². The predicted molar refractivity (Wildman–Crippen MR) is 85.2 cm³/mol. The molecule has 112 valence electrons. The van der Waals surface area contributed by atoms with E-state index in [1.807, 2.05) is 11.3 Å². The average Bonchev–Trinajstić information content (AvgIpc) is 3.16. The van der Waals surface area contributed by atoms with E-state index in [9.17, 15) is 0 Å². The molecular formula is C16H27N3S. The number of piperidine rings is 1. The molecule has 1 aliphatic heterocycles. The van der Waals surface area contributed by atoms with E-state index in [0.717, 1.165) is 18.3 Å². The highest BCUT2D eigenvalue weighted by molar-refractivity contribution is 7.11. The van der Waals surface area contributed by atoms with Crippen molar-refractivity contribution in [3.63, 3.8) is 0 Å². The van der Waals surface area contributed by atoms with Crippen molar-refractivity contribution in [2.75, 3.05) is 19.6 Å². The summed E-state index contributed by atoms with van der Waals surface area (Å²) in [5.74, 6) is 1.58. The summed E-state index contributed by atoms with van der Waals surface area (Å²) in [7, 11) is 0. The SMILES string of the molecule is CC1CCCN(CCc2nc(C3CC3)c(C(C)N)s2)C1. The van der Waals surface area contributed by atoms with Gasteiger partial charge in [0.05, 0.1) is 10.7 Å². The van der Waals surface area contributed by atoms with Gasteiger partial charge in [-0.3, -0.25) is 0 Å². The van der Waals surface area contributed by atoms with E-state index in [2.05, 4.69) is 18.7 Å². The molecule has 1 saturated heterocycles. The summed E-state index contributed by atoms with van der Waals surface area (Å²) in [6.07, 6.45) is 6.48. The number of nitrogens with two attached hydrogens (primary N) is 1. The molecule has 1 aromatic rings. The molecule has 2 aliphatic rings. The zero-order valence-corrected chi connectivity index (χ0v) is 13.6. The van der Waals surface area contributed by atoms with Gasteiger partial charge in [-0.15, -0.1) is 11.3 Å². The predicted octanol–water partition coefficient (Wildman–Crippen LogP) is 3.31. The molecular weight excluding hydrogens is 266 g/mol. The Bertz CT molecular complexity index is 431. The fourth-order valence-corrected chi connectivity index (χ4v) is 4.31. The zero-order chi connectivity index (χ0) is 14.1. The number of aromatic nitrogens is 1. The quantitative estimate of drug-likeness (QED) is 0.905. The lowest BCUT2D eigenvalue weighted by atomic mass is 10.0. The molecule has 0 spiro atoms. The molecule has 0 aromatic carbocycles. The smallest absolute Gasteiger partial charge is 0.0944 e. The Morgan fingerprint density at radius 3 is 2.85 bits per heavy atom. The van der Waals surface area contributed by atoms with Crippen molar-refractivity contribution in [2.24, 2.45) is 11.7 Å². The third-order valence-electron chi connectivity index (χ3n) is 4.49. The van der Waals surface area contributed by atoms with Gasteiger partial charge in [-0.1, -0.05) is 6.92 Å². The van der Waals surface area contributed by atoms with Crippen molar-refractivity contribution in [3.8, 4) is 0 Å². The Kier molecular flexibility index (Phi) is 4.43. The largest absolute Gasteiger partial charge is 0.323 e. The molecule has 20 heavy (non-hydrogen) atoms. The summed E-state index contributed by atoms with van der Waals surface area (Å²) in [5.41, 5.74) is 7.44. The number of nitrogens with zero attached hydrogens (tertiary/aromatic N) is 2. The van der Waals surface area contributed by atoms with Crippen LogP contribution in [0.2, 0.25) is 0 Å². The van der Waals surface area contributed by atoms with Crippen LogP contribution in [-0.2, 0) is 6.42 Å². The minimum atomic E-state index is 0.145. The monoisotopic (exact) mass is 293 g/mol. The maximum absolute atomic E-state index is 6.11. The lowest BCUT2D eigenvalue weighted by molar-refractivity contribution is 0.186. The molecule has 2 unspecified atom stereocenters. The summed E-state index contributed by atoms with van der Waals surface area (Å²) in [6, 6.07) is 0.145. The summed E-state index contributed by atoms with van der Waals surface area (Å²) in [4.78, 5) is 8.86. The standard InChI is InChI=1S/C16H27N3S/c1-11-4-3-8-19(10-11)9-7-14-18-15(13-5-6-13)16(20-14)12(2)17/h11-13H,3-10,17H2,1-2H3. The minimum absolute atomic E-state index is 0.145. The molecule has 2 atom stereocenters. The van der Waals surface area contributed by atoms with Crippen LogP contribution in [0.5, 0.6) is 0 Å². The highest BCUT2D eigenvalue weighted by Gasteiger charge is 2.30. The molecule has 2 fully saturated rings. The second-order valence-corrected chi connectivity index (χ2v) is 7.83. The maximum Gasteiger partial charge on any atom is 0.0944 e. The van der Waals surface area contributed by atoms with Crippen LogP contribution in [-0.4, -0.2) is 29.5 Å². The Morgan fingerprint density at radius 1 is 1.40 bits per heavy atom. The van der Waals surface area contributed by atoms with Gasteiger partial charge in [0.1, 0.15) is 0 Å². The van der Waals surface area contributed by atoms with Crippen LogP contribution in [0.4, 0.5) is 0 Å². The van der Waals surface area contributed by atoms with Gasteiger partial charge in [0, 0.05) is 36.3 Å². The van der Waals surface area contributed by atoms with Crippen LogP contribution in [0, 0.1) is 5.92 Å². The summed E-state index contributed by atoms with van der Waals surface area (Å²) < 4.78 is 0. The van der Waals surface area contributed by atoms with Crippen LogP contribution in [0.15, 0.2) is 0 Å². The zero-order valence-electron chi connectivity index (χ0n) is 12.8. The Morgan fingerprint density at radius 2 is 2.20 bits per heavy atom. The van der Waals surface area contributed by atoms with Crippen LogP contribution in [0.25, 0.3) is 0 Å². The second-order valence-electron chi connectivity index (χ2n) is 6.72. The van der Waals surface area contributed by atoms with Crippen molar-refractivity contribution in [1.29, 1.82) is 0 Å². The van der Waals surface area contributed by atoms with E-state index in [1.165, 1.54) is 60.9 Å². The summed E-state index contributed by atoms with van der Waals surface area (Å²) in [5, 5.41) is 1.30. The molecule has 2 heterocycles. The van der Waals surface area contributed by atoms with Gasteiger partial charge in [-0.2, -0.15) is 0 Å². The summed E-state index contributed by atoms with van der Waals surface area (Å²) >= 11 is 1.86. The van der Waals surface area contributed by atoms with Crippen LogP contribution in [0.3, 0.4) is 0 Å². The fraction of sp³-hybridized carbons (Fsp3) is 0.812. The molecule has 3 nitrogen and oxygen atoms in total. The third-order valence-corrected chi connectivity index (χ3v) is 5.82. The van der Waals surface area contributed by atoms with E-state index in [4.69, 9.17) is 10.7 Å². The first-order valence-electron chi connectivity index (χ1n) is 8.11. The van der Waals surface area contributed by atoms with Gasteiger partial charge in [-0.05, 0) is 45.1 Å². The van der Waals surface area contributed by atoms with E-state index < -0.39 is 0 Å². The number of thiazole rings is 1. The van der Waals surface area contributed by atoms with Crippen LogP contribution in [0.1, 0.15) is 67.1 Å². The van der Waals surface area contributed by atoms with E-state index in [0.29, 0.717) is 0 Å². The molecule has 0 bridgehead atoms. The highest BCUT2D eigenvalue weighted by Crippen LogP contribution is 2.44. The molecule has 2 N–H and O–H groups in total. The number of hydrogen-bond acceptors (Lipinski definition) is 4. The first-order chi connectivity index (χ1) is 9.63. The summed E-state index contributed by atoms with van der Waals surface area (Å²) in [6.45, 7) is 8.16. The highest BCUT2D eigenvalue weighted by atomic mass is 32.1. The first kappa shape index (κ1) is 14.5. The topological polar surface area (TPSA) is 42.2 Å². The van der Waals surface area contributed by atoms with Crippen molar-refractivity contribution in [3.05, 3.63) is 15.6 Å². The van der Waals surface area contributed by atoms with Crippen LogP contribution >= 0.6 is 11.3 Å². The van der Waals surface area contributed by atoms with Crippen molar-refractivity contribution in [1.82, 2.24) is 9.88 Å². The van der Waals surface area contributed by atoms with Gasteiger partial charge >= 0.3 is 0 Å². The Labute approximate surface area is 126 Å². The molecule has 3 rings (SSSR count). The van der Waals surface area contributed by atoms with Crippen molar-refractivity contribution >= 4 is 11.3 Å². The molecule has 1 aliphatic carbocycles. The van der Waals surface area contributed by atoms with Gasteiger partial charge in [0.15, 0.2) is 0 Å². The number of rotatable bonds is 5. The van der Waals surface area contributed by atoms with E-state index in [1.54, 1.807) is 0 Å². The minimum Gasteiger partial charge on any atom is -0.323 e. The normalized spacial score (nSPS) is 25.9. The maximum atomic E-state index is 6.11. The second kappa shape index (κ2) is 6.12. The van der Waals surface area contributed by atoms with Crippen molar-refractivity contribution in [2.45, 2.75) is 57.9 Å². The number of likely N-dealkylation sites (tertiary alicyclic amines) is 1. The Hall–Kier alpha value is -0.450. The number of hydrogen-bond donors (Lipinski definition) is 1. The lowest BCUT2D eigenvalue weighted by Gasteiger charge is -2.30. The van der Waals surface area contributed by atoms with Crippen LogP contribution < -0.4 is 5.73 Å². The molecule has 4 heteroatoms. The lowest BCUT2D eigenvalue weighted by Crippen LogP contribution is -2.35. The molecule has 1 saturated carbocycles. The third kappa shape index (κ3) is 3.41.